The molecule has 0 spiro atoms. The molecule has 20 heavy (non-hydrogen) atoms. The lowest BCUT2D eigenvalue weighted by Crippen LogP contribution is -2.35. The highest BCUT2D eigenvalue weighted by Crippen LogP contribution is 2.17. The highest BCUT2D eigenvalue weighted by atomic mass is 16.5. The van der Waals surface area contributed by atoms with E-state index < -0.39 is 0 Å². The Bertz CT molecular complexity index is 615. The van der Waals surface area contributed by atoms with Crippen LogP contribution in [0.3, 0.4) is 0 Å². The average molecular weight is 274 g/mol. The number of rotatable bonds is 4. The van der Waals surface area contributed by atoms with E-state index in [1.165, 1.54) is 0 Å². The fourth-order valence-electron chi connectivity index (χ4n) is 2.47. The van der Waals surface area contributed by atoms with E-state index in [1.54, 1.807) is 0 Å². The van der Waals surface area contributed by atoms with E-state index >= 15 is 0 Å². The van der Waals surface area contributed by atoms with Crippen molar-refractivity contribution < 1.29 is 13.9 Å². The molecule has 0 saturated carbocycles. The topological polar surface area (TPSA) is 64.4 Å². The van der Waals surface area contributed by atoms with E-state index in [-0.39, 0.29) is 12.0 Å². The number of oxazole rings is 1. The third-order valence-electron chi connectivity index (χ3n) is 3.49. The summed E-state index contributed by atoms with van der Waals surface area (Å²) < 4.78 is 10.8. The first-order valence-corrected chi connectivity index (χ1v) is 6.98. The summed E-state index contributed by atoms with van der Waals surface area (Å²) in [5.74, 6) is 0.671. The maximum absolute atomic E-state index is 11.8. The molecule has 0 aliphatic carbocycles. The molecular weight excluding hydrogens is 256 g/mol. The first-order chi connectivity index (χ1) is 9.72. The zero-order chi connectivity index (χ0) is 13.9. The minimum Gasteiger partial charge on any atom is -0.441 e. The van der Waals surface area contributed by atoms with Crippen molar-refractivity contribution in [2.24, 2.45) is 0 Å². The Labute approximate surface area is 117 Å². The lowest BCUT2D eigenvalue weighted by atomic mass is 10.1. The maximum Gasteiger partial charge on any atom is 0.249 e. The highest BCUT2D eigenvalue weighted by molar-refractivity contribution is 5.81. The third kappa shape index (κ3) is 2.82. The molecule has 1 aromatic heterocycles. The first-order valence-electron chi connectivity index (χ1n) is 6.98. The van der Waals surface area contributed by atoms with Crippen molar-refractivity contribution in [3.63, 3.8) is 0 Å². The fourth-order valence-corrected chi connectivity index (χ4v) is 2.47. The lowest BCUT2D eigenvalue weighted by Gasteiger charge is -2.10. The number of carbonyl (C=O) groups excluding carboxylic acids is 1. The van der Waals surface area contributed by atoms with Crippen LogP contribution in [0.5, 0.6) is 0 Å². The normalized spacial score (nSPS) is 18.6. The quantitative estimate of drug-likeness (QED) is 0.925. The third-order valence-corrected chi connectivity index (χ3v) is 3.49. The van der Waals surface area contributed by atoms with Gasteiger partial charge in [-0.15, -0.1) is 0 Å². The number of amides is 1. The summed E-state index contributed by atoms with van der Waals surface area (Å²) in [5, 5.41) is 2.92. The van der Waals surface area contributed by atoms with Gasteiger partial charge in [-0.05, 0) is 37.0 Å². The van der Waals surface area contributed by atoms with Crippen LogP contribution in [0.25, 0.3) is 11.1 Å². The van der Waals surface area contributed by atoms with E-state index in [0.717, 1.165) is 35.9 Å². The van der Waals surface area contributed by atoms with Gasteiger partial charge < -0.3 is 14.5 Å². The smallest absolute Gasteiger partial charge is 0.249 e. The SMILES string of the molecule is Cc1nc2cc(CCNC(=O)C3CCCO3)ccc2o1. The van der Waals surface area contributed by atoms with Gasteiger partial charge in [0, 0.05) is 20.1 Å². The second-order valence-corrected chi connectivity index (χ2v) is 5.08. The first kappa shape index (κ1) is 13.1. The Balaban J connectivity index is 1.55. The minimum absolute atomic E-state index is 0.000795. The number of nitrogens with one attached hydrogen (secondary N) is 1. The van der Waals surface area contributed by atoms with Crippen molar-refractivity contribution in [1.82, 2.24) is 10.3 Å². The number of hydrogen-bond acceptors (Lipinski definition) is 4. The van der Waals surface area contributed by atoms with Crippen LogP contribution in [0.1, 0.15) is 24.3 Å². The van der Waals surface area contributed by atoms with Gasteiger partial charge in [0.15, 0.2) is 11.5 Å². The molecule has 1 fully saturated rings. The number of fused-ring (bicyclic) bond motifs is 1. The van der Waals surface area contributed by atoms with Crippen molar-refractivity contribution in [3.8, 4) is 0 Å². The molecular formula is C15H18N2O3. The molecule has 0 bridgehead atoms. The molecule has 2 aromatic rings. The predicted molar refractivity (Wildman–Crippen MR) is 74.4 cm³/mol. The fraction of sp³-hybridized carbons (Fsp3) is 0.467. The van der Waals surface area contributed by atoms with Gasteiger partial charge in [-0.2, -0.15) is 0 Å². The second-order valence-electron chi connectivity index (χ2n) is 5.08. The van der Waals surface area contributed by atoms with Crippen LogP contribution >= 0.6 is 0 Å². The Morgan fingerprint density at radius 3 is 3.20 bits per heavy atom. The number of nitrogens with zero attached hydrogens (tertiary/aromatic N) is 1. The van der Waals surface area contributed by atoms with E-state index in [2.05, 4.69) is 10.3 Å². The van der Waals surface area contributed by atoms with Crippen LogP contribution in [-0.2, 0) is 16.0 Å². The van der Waals surface area contributed by atoms with Crippen LogP contribution in [0.15, 0.2) is 22.6 Å². The summed E-state index contributed by atoms with van der Waals surface area (Å²) >= 11 is 0. The van der Waals surface area contributed by atoms with E-state index in [4.69, 9.17) is 9.15 Å². The number of ether oxygens (including phenoxy) is 1. The Morgan fingerprint density at radius 2 is 2.40 bits per heavy atom. The predicted octanol–water partition coefficient (Wildman–Crippen LogP) is 1.97. The zero-order valence-corrected chi connectivity index (χ0v) is 11.5. The molecule has 1 saturated heterocycles. The summed E-state index contributed by atoms with van der Waals surface area (Å²) in [6.45, 7) is 3.14. The summed E-state index contributed by atoms with van der Waals surface area (Å²) in [4.78, 5) is 16.1. The standard InChI is InChI=1S/C15H18N2O3/c1-10-17-12-9-11(4-5-13(12)20-10)6-7-16-15(18)14-3-2-8-19-14/h4-5,9,14H,2-3,6-8H2,1H3,(H,16,18). The molecule has 1 aromatic carbocycles. The monoisotopic (exact) mass is 274 g/mol. The molecule has 1 N–H and O–H groups in total. The van der Waals surface area contributed by atoms with Gasteiger partial charge in [-0.1, -0.05) is 6.07 Å². The van der Waals surface area contributed by atoms with E-state index in [0.29, 0.717) is 19.0 Å². The van der Waals surface area contributed by atoms with E-state index in [9.17, 15) is 4.79 Å². The summed E-state index contributed by atoms with van der Waals surface area (Å²) in [5.41, 5.74) is 2.80. The highest BCUT2D eigenvalue weighted by Gasteiger charge is 2.22. The second kappa shape index (κ2) is 5.63. The molecule has 5 heteroatoms. The van der Waals surface area contributed by atoms with Crippen molar-refractivity contribution in [2.45, 2.75) is 32.3 Å². The molecule has 1 unspecified atom stereocenters. The van der Waals surface area contributed by atoms with Gasteiger partial charge in [0.25, 0.3) is 0 Å². The Kier molecular flexibility index (Phi) is 3.69. The number of benzene rings is 1. The zero-order valence-electron chi connectivity index (χ0n) is 11.5. The summed E-state index contributed by atoms with van der Waals surface area (Å²) in [6.07, 6.45) is 2.33. The van der Waals surface area contributed by atoms with Gasteiger partial charge in [0.1, 0.15) is 11.6 Å². The molecule has 3 rings (SSSR count). The number of aromatic nitrogens is 1. The molecule has 5 nitrogen and oxygen atoms in total. The van der Waals surface area contributed by atoms with Crippen molar-refractivity contribution in [3.05, 3.63) is 29.7 Å². The van der Waals surface area contributed by atoms with Crippen molar-refractivity contribution in [1.29, 1.82) is 0 Å². The van der Waals surface area contributed by atoms with Crippen molar-refractivity contribution >= 4 is 17.0 Å². The largest absolute Gasteiger partial charge is 0.441 e. The Morgan fingerprint density at radius 1 is 1.50 bits per heavy atom. The number of aryl methyl sites for hydroxylation is 1. The molecule has 1 amide bonds. The minimum atomic E-state index is -0.254. The number of carbonyl (C=O) groups is 1. The number of hydrogen-bond donors (Lipinski definition) is 1. The molecule has 1 atom stereocenters. The summed E-state index contributed by atoms with van der Waals surface area (Å²) in [7, 11) is 0. The van der Waals surface area contributed by atoms with Gasteiger partial charge in [0.05, 0.1) is 0 Å². The van der Waals surface area contributed by atoms with Crippen molar-refractivity contribution in [2.75, 3.05) is 13.2 Å². The van der Waals surface area contributed by atoms with Gasteiger partial charge in [0.2, 0.25) is 5.91 Å². The molecule has 1 aliphatic heterocycles. The van der Waals surface area contributed by atoms with Gasteiger partial charge >= 0.3 is 0 Å². The molecule has 2 heterocycles. The van der Waals surface area contributed by atoms with Crippen LogP contribution in [0, 0.1) is 6.92 Å². The van der Waals surface area contributed by atoms with E-state index in [1.807, 2.05) is 25.1 Å². The van der Waals surface area contributed by atoms with Crippen LogP contribution < -0.4 is 5.32 Å². The lowest BCUT2D eigenvalue weighted by molar-refractivity contribution is -0.129. The molecule has 0 radical (unpaired) electrons. The summed E-state index contributed by atoms with van der Waals surface area (Å²) in [6, 6.07) is 5.93. The molecule has 106 valence electrons. The molecule has 1 aliphatic rings. The van der Waals surface area contributed by atoms with Gasteiger partial charge in [-0.3, -0.25) is 4.79 Å². The maximum atomic E-state index is 11.8. The average Bonchev–Trinajstić information content (AvgIpc) is 3.05. The van der Waals surface area contributed by atoms with Crippen LogP contribution in [0.4, 0.5) is 0 Å². The van der Waals surface area contributed by atoms with Crippen LogP contribution in [0.2, 0.25) is 0 Å². The van der Waals surface area contributed by atoms with Crippen LogP contribution in [-0.4, -0.2) is 30.1 Å². The van der Waals surface area contributed by atoms with Gasteiger partial charge in [-0.25, -0.2) is 4.98 Å². The Hall–Kier alpha value is -1.88.